The van der Waals surface area contributed by atoms with Gasteiger partial charge in [0.1, 0.15) is 23.6 Å². The third-order valence-electron chi connectivity index (χ3n) is 5.37. The summed E-state index contributed by atoms with van der Waals surface area (Å²) in [7, 11) is 0. The van der Waals surface area contributed by atoms with Crippen molar-refractivity contribution in [1.82, 2.24) is 21.3 Å². The average Bonchev–Trinajstić information content (AvgIpc) is 3.21. The van der Waals surface area contributed by atoms with Crippen molar-refractivity contribution < 1.29 is 18.8 Å². The highest BCUT2D eigenvalue weighted by molar-refractivity contribution is 5.92. The van der Waals surface area contributed by atoms with Gasteiger partial charge in [0.2, 0.25) is 17.7 Å². The molecule has 3 rings (SSSR count). The van der Waals surface area contributed by atoms with Gasteiger partial charge < -0.3 is 20.4 Å². The number of furan rings is 1. The summed E-state index contributed by atoms with van der Waals surface area (Å²) in [6, 6.07) is 11.3. The summed E-state index contributed by atoms with van der Waals surface area (Å²) in [5.74, 6) is 0.509. The summed E-state index contributed by atoms with van der Waals surface area (Å²) in [6.45, 7) is 6.16. The van der Waals surface area contributed by atoms with E-state index in [0.29, 0.717) is 30.9 Å². The molecule has 8 nitrogen and oxygen atoms in total. The summed E-state index contributed by atoms with van der Waals surface area (Å²) < 4.78 is 5.80. The van der Waals surface area contributed by atoms with E-state index in [1.54, 1.807) is 13.0 Å². The maximum absolute atomic E-state index is 13.0. The highest BCUT2D eigenvalue weighted by Gasteiger charge is 2.27. The van der Waals surface area contributed by atoms with Crippen LogP contribution in [-0.4, -0.2) is 35.8 Å². The first-order valence-electron chi connectivity index (χ1n) is 11.0. The molecule has 4 N–H and O–H groups in total. The minimum absolute atomic E-state index is 0.202. The number of fused-ring (bicyclic) bond motifs is 2. The van der Waals surface area contributed by atoms with Crippen LogP contribution >= 0.6 is 0 Å². The molecular weight excluding hydrogens is 408 g/mol. The standard InChI is InChI=1S/C24H32N4O4/c1-15(2)11-21-23(30)26-14-19-10-9-18(32-19)13-25-20(12-17-7-5-4-6-8-17)24(31)27-16(3)22(29)28-21/h4-10,15-16,20-21,25H,11-14H2,1-3H3,(H,26,30)(H,27,31)(H,28,29)/t16-,20-,21-/m0/s1. The second-order valence-corrected chi connectivity index (χ2v) is 8.63. The van der Waals surface area contributed by atoms with E-state index in [1.165, 1.54) is 0 Å². The Balaban J connectivity index is 1.82. The molecule has 8 heteroatoms. The Kier molecular flexibility index (Phi) is 8.05. The van der Waals surface area contributed by atoms with Crippen LogP contribution in [0, 0.1) is 5.92 Å². The van der Waals surface area contributed by atoms with Crippen LogP contribution < -0.4 is 21.3 Å². The van der Waals surface area contributed by atoms with E-state index in [-0.39, 0.29) is 24.3 Å². The average molecular weight is 441 g/mol. The van der Waals surface area contributed by atoms with E-state index in [2.05, 4.69) is 21.3 Å². The van der Waals surface area contributed by atoms with Crippen LogP contribution in [0.2, 0.25) is 0 Å². The van der Waals surface area contributed by atoms with Crippen molar-refractivity contribution in [1.29, 1.82) is 0 Å². The van der Waals surface area contributed by atoms with E-state index in [4.69, 9.17) is 4.42 Å². The number of hydrogen-bond donors (Lipinski definition) is 4. The predicted molar refractivity (Wildman–Crippen MR) is 120 cm³/mol. The summed E-state index contributed by atoms with van der Waals surface area (Å²) in [6.07, 6.45) is 0.949. The smallest absolute Gasteiger partial charge is 0.242 e. The van der Waals surface area contributed by atoms with Gasteiger partial charge in [-0.25, -0.2) is 0 Å². The topological polar surface area (TPSA) is 112 Å². The van der Waals surface area contributed by atoms with Gasteiger partial charge in [0.15, 0.2) is 0 Å². The minimum atomic E-state index is -0.787. The van der Waals surface area contributed by atoms with Gasteiger partial charge in [-0.1, -0.05) is 44.2 Å². The van der Waals surface area contributed by atoms with Gasteiger partial charge in [0, 0.05) is 0 Å². The number of hydrogen-bond acceptors (Lipinski definition) is 5. The molecule has 3 atom stereocenters. The number of benzene rings is 1. The Hall–Kier alpha value is -3.13. The van der Waals surface area contributed by atoms with Crippen molar-refractivity contribution in [2.75, 3.05) is 0 Å². The Labute approximate surface area is 188 Å². The largest absolute Gasteiger partial charge is 0.463 e. The number of amides is 3. The number of nitrogens with one attached hydrogen (secondary N) is 4. The molecule has 1 aliphatic heterocycles. The summed E-state index contributed by atoms with van der Waals surface area (Å²) in [4.78, 5) is 38.5. The molecule has 0 unspecified atom stereocenters. The molecule has 2 bridgehead atoms. The van der Waals surface area contributed by atoms with E-state index < -0.39 is 24.0 Å². The van der Waals surface area contributed by atoms with Crippen LogP contribution in [-0.2, 0) is 33.9 Å². The monoisotopic (exact) mass is 440 g/mol. The summed E-state index contributed by atoms with van der Waals surface area (Å²) in [5.41, 5.74) is 1.00. The van der Waals surface area contributed by atoms with Crippen LogP contribution in [0.25, 0.3) is 0 Å². The lowest BCUT2D eigenvalue weighted by Crippen LogP contribution is -2.55. The lowest BCUT2D eigenvalue weighted by atomic mass is 10.0. The van der Waals surface area contributed by atoms with Crippen LogP contribution in [0.4, 0.5) is 0 Å². The lowest BCUT2D eigenvalue weighted by Gasteiger charge is -2.24. The maximum Gasteiger partial charge on any atom is 0.242 e. The minimum Gasteiger partial charge on any atom is -0.463 e. The van der Waals surface area contributed by atoms with Gasteiger partial charge in [-0.15, -0.1) is 0 Å². The molecule has 172 valence electrons. The fraction of sp³-hybridized carbons (Fsp3) is 0.458. The number of carbonyl (C=O) groups is 3. The van der Waals surface area contributed by atoms with Gasteiger partial charge >= 0.3 is 0 Å². The van der Waals surface area contributed by atoms with Crippen molar-refractivity contribution in [2.45, 2.75) is 64.8 Å². The molecule has 1 aromatic heterocycles. The van der Waals surface area contributed by atoms with Crippen LogP contribution in [0.3, 0.4) is 0 Å². The third kappa shape index (κ3) is 6.68. The molecule has 32 heavy (non-hydrogen) atoms. The zero-order valence-corrected chi connectivity index (χ0v) is 18.8. The van der Waals surface area contributed by atoms with Gasteiger partial charge in [0.25, 0.3) is 0 Å². The molecule has 2 heterocycles. The molecule has 0 spiro atoms. The molecule has 0 aliphatic carbocycles. The first kappa shape index (κ1) is 23.5. The molecule has 0 radical (unpaired) electrons. The van der Waals surface area contributed by atoms with Crippen molar-refractivity contribution in [3.8, 4) is 0 Å². The molecular formula is C24H32N4O4. The summed E-state index contributed by atoms with van der Waals surface area (Å²) in [5, 5.41) is 11.6. The molecule has 3 amide bonds. The fourth-order valence-electron chi connectivity index (χ4n) is 3.62. The molecule has 0 saturated heterocycles. The molecule has 2 aromatic rings. The second kappa shape index (κ2) is 10.9. The van der Waals surface area contributed by atoms with Gasteiger partial charge in [-0.05, 0) is 43.4 Å². The first-order chi connectivity index (χ1) is 15.3. The third-order valence-corrected chi connectivity index (χ3v) is 5.37. The molecule has 0 saturated carbocycles. The highest BCUT2D eigenvalue weighted by atomic mass is 16.3. The quantitative estimate of drug-likeness (QED) is 0.578. The summed E-state index contributed by atoms with van der Waals surface area (Å²) >= 11 is 0. The zero-order valence-electron chi connectivity index (χ0n) is 18.8. The van der Waals surface area contributed by atoms with Crippen molar-refractivity contribution in [2.24, 2.45) is 5.92 Å². The SMILES string of the molecule is CC(C)C[C@@H]1NC(=O)[C@H](C)NC(=O)[C@H](Cc2ccccc2)NCc2ccc(o2)CNC1=O. The van der Waals surface area contributed by atoms with Crippen LogP contribution in [0.5, 0.6) is 0 Å². The van der Waals surface area contributed by atoms with Crippen molar-refractivity contribution >= 4 is 17.7 Å². The van der Waals surface area contributed by atoms with E-state index in [9.17, 15) is 14.4 Å². The Morgan fingerprint density at radius 3 is 2.25 bits per heavy atom. The van der Waals surface area contributed by atoms with Crippen molar-refractivity contribution in [3.05, 3.63) is 59.5 Å². The van der Waals surface area contributed by atoms with Gasteiger partial charge in [0.05, 0.1) is 19.1 Å². The van der Waals surface area contributed by atoms with Gasteiger partial charge in [-0.3, -0.25) is 19.7 Å². The van der Waals surface area contributed by atoms with E-state index in [0.717, 1.165) is 5.56 Å². The molecule has 1 aliphatic rings. The Morgan fingerprint density at radius 1 is 0.875 bits per heavy atom. The van der Waals surface area contributed by atoms with Crippen LogP contribution in [0.15, 0.2) is 46.9 Å². The van der Waals surface area contributed by atoms with Gasteiger partial charge in [-0.2, -0.15) is 0 Å². The Bertz CT molecular complexity index is 925. The second-order valence-electron chi connectivity index (χ2n) is 8.63. The maximum atomic E-state index is 13.0. The van der Waals surface area contributed by atoms with E-state index in [1.807, 2.05) is 50.2 Å². The molecule has 1 aromatic carbocycles. The number of rotatable bonds is 4. The number of carbonyl (C=O) groups excluding carboxylic acids is 3. The highest BCUT2D eigenvalue weighted by Crippen LogP contribution is 2.11. The molecule has 0 fully saturated rings. The normalized spacial score (nSPS) is 23.0. The van der Waals surface area contributed by atoms with Crippen molar-refractivity contribution in [3.63, 3.8) is 0 Å². The lowest BCUT2D eigenvalue weighted by molar-refractivity contribution is -0.132. The van der Waals surface area contributed by atoms with E-state index >= 15 is 0 Å². The predicted octanol–water partition coefficient (Wildman–Crippen LogP) is 1.65. The first-order valence-corrected chi connectivity index (χ1v) is 11.0. The van der Waals surface area contributed by atoms with Crippen LogP contribution in [0.1, 0.15) is 44.3 Å². The zero-order chi connectivity index (χ0) is 23.1. The fourth-order valence-corrected chi connectivity index (χ4v) is 3.62. The Morgan fingerprint density at radius 2 is 1.56 bits per heavy atom.